The van der Waals surface area contributed by atoms with Gasteiger partial charge in [-0.15, -0.1) is 0 Å². The Hall–Kier alpha value is -2.58. The molecule has 0 amide bonds. The van der Waals surface area contributed by atoms with Crippen molar-refractivity contribution in [2.24, 2.45) is 0 Å². The van der Waals surface area contributed by atoms with Crippen LogP contribution >= 0.6 is 12.2 Å². The van der Waals surface area contributed by atoms with Crippen molar-refractivity contribution in [1.82, 2.24) is 29.2 Å². The van der Waals surface area contributed by atoms with Crippen LogP contribution in [0.2, 0.25) is 0 Å². The molecule has 0 radical (unpaired) electrons. The van der Waals surface area contributed by atoms with Gasteiger partial charge in [0.25, 0.3) is 0 Å². The number of nitrogens with zero attached hydrogens (tertiary/aromatic N) is 7. The van der Waals surface area contributed by atoms with Gasteiger partial charge in [-0.25, -0.2) is 14.6 Å². The van der Waals surface area contributed by atoms with E-state index in [0.717, 1.165) is 42.6 Å². The summed E-state index contributed by atoms with van der Waals surface area (Å²) in [4.78, 5) is 13.2. The Balaban J connectivity index is 1.44. The molecule has 4 rings (SSSR count). The fourth-order valence-corrected chi connectivity index (χ4v) is 3.66. The molecule has 3 heterocycles. The van der Waals surface area contributed by atoms with Crippen LogP contribution in [-0.2, 0) is 6.67 Å². The summed E-state index contributed by atoms with van der Waals surface area (Å²) in [6.45, 7) is 8.54. The normalized spacial score (nSPS) is 15.3. The maximum absolute atomic E-state index is 5.67. The molecule has 0 N–H and O–H groups in total. The highest BCUT2D eigenvalue weighted by Crippen LogP contribution is 2.16. The topological polar surface area (TPSA) is 55.0 Å². The van der Waals surface area contributed by atoms with E-state index in [9.17, 15) is 0 Å². The largest absolute Gasteiger partial charge is 0.338 e. The molecular formula is C19H23N7S. The molecule has 0 atom stereocenters. The van der Waals surface area contributed by atoms with Crippen LogP contribution in [0.25, 0.3) is 5.69 Å². The van der Waals surface area contributed by atoms with Gasteiger partial charge in [-0.3, -0.25) is 9.47 Å². The number of hydrogen-bond donors (Lipinski definition) is 0. The van der Waals surface area contributed by atoms with Crippen molar-refractivity contribution in [3.63, 3.8) is 0 Å². The van der Waals surface area contributed by atoms with Crippen LogP contribution < -0.4 is 4.90 Å². The number of aryl methyl sites for hydroxylation is 2. The van der Waals surface area contributed by atoms with Crippen LogP contribution in [-0.4, -0.2) is 55.4 Å². The maximum Gasteiger partial charge on any atom is 0.225 e. The molecule has 140 valence electrons. The van der Waals surface area contributed by atoms with E-state index in [-0.39, 0.29) is 0 Å². The maximum atomic E-state index is 5.67. The highest BCUT2D eigenvalue weighted by atomic mass is 32.1. The van der Waals surface area contributed by atoms with Gasteiger partial charge in [0, 0.05) is 38.6 Å². The summed E-state index contributed by atoms with van der Waals surface area (Å²) in [7, 11) is 0. The highest BCUT2D eigenvalue weighted by molar-refractivity contribution is 7.71. The zero-order valence-electron chi connectivity index (χ0n) is 15.6. The Morgan fingerprint density at radius 1 is 1.04 bits per heavy atom. The Bertz CT molecular complexity index is 971. The molecule has 0 bridgehead atoms. The van der Waals surface area contributed by atoms with Crippen LogP contribution in [0.4, 0.5) is 5.95 Å². The number of piperazine rings is 1. The van der Waals surface area contributed by atoms with Gasteiger partial charge < -0.3 is 4.90 Å². The predicted octanol–water partition coefficient (Wildman–Crippen LogP) is 2.59. The van der Waals surface area contributed by atoms with Crippen molar-refractivity contribution in [2.75, 3.05) is 31.1 Å². The predicted molar refractivity (Wildman–Crippen MR) is 108 cm³/mol. The summed E-state index contributed by atoms with van der Waals surface area (Å²) in [5.41, 5.74) is 3.53. The molecule has 8 heteroatoms. The van der Waals surface area contributed by atoms with E-state index in [1.54, 1.807) is 12.4 Å². The molecule has 3 aromatic rings. The number of aromatic nitrogens is 5. The lowest BCUT2D eigenvalue weighted by atomic mass is 10.1. The van der Waals surface area contributed by atoms with Gasteiger partial charge in [0.05, 0.1) is 12.4 Å². The van der Waals surface area contributed by atoms with Crippen LogP contribution in [0, 0.1) is 18.6 Å². The Labute approximate surface area is 163 Å². The summed E-state index contributed by atoms with van der Waals surface area (Å²) >= 11 is 5.67. The second-order valence-electron chi connectivity index (χ2n) is 6.87. The molecule has 1 aliphatic rings. The van der Waals surface area contributed by atoms with Crippen LogP contribution in [0.1, 0.15) is 11.1 Å². The Morgan fingerprint density at radius 3 is 2.48 bits per heavy atom. The smallest absolute Gasteiger partial charge is 0.225 e. The van der Waals surface area contributed by atoms with Gasteiger partial charge in [-0.2, -0.15) is 5.10 Å². The minimum atomic E-state index is 0.695. The van der Waals surface area contributed by atoms with Gasteiger partial charge in [0.1, 0.15) is 6.33 Å². The summed E-state index contributed by atoms with van der Waals surface area (Å²) in [6, 6.07) is 8.21. The Morgan fingerprint density at radius 2 is 1.78 bits per heavy atom. The lowest BCUT2D eigenvalue weighted by molar-refractivity contribution is 0.193. The highest BCUT2D eigenvalue weighted by Gasteiger charge is 2.19. The van der Waals surface area contributed by atoms with Gasteiger partial charge >= 0.3 is 0 Å². The molecule has 1 saturated heterocycles. The molecule has 2 aromatic heterocycles. The third kappa shape index (κ3) is 3.77. The first kappa shape index (κ1) is 17.8. The first-order valence-electron chi connectivity index (χ1n) is 9.08. The van der Waals surface area contributed by atoms with E-state index in [2.05, 4.69) is 56.9 Å². The third-order valence-electron chi connectivity index (χ3n) is 4.89. The lowest BCUT2D eigenvalue weighted by Gasteiger charge is -2.34. The van der Waals surface area contributed by atoms with E-state index in [4.69, 9.17) is 12.2 Å². The van der Waals surface area contributed by atoms with Crippen LogP contribution in [0.15, 0.2) is 43.0 Å². The average molecular weight is 382 g/mol. The van der Waals surface area contributed by atoms with Crippen LogP contribution in [0.5, 0.6) is 0 Å². The van der Waals surface area contributed by atoms with E-state index in [1.165, 1.54) is 11.1 Å². The van der Waals surface area contributed by atoms with Gasteiger partial charge in [-0.05, 0) is 43.8 Å². The number of hydrogen-bond acceptors (Lipinski definition) is 6. The van der Waals surface area contributed by atoms with Crippen molar-refractivity contribution in [2.45, 2.75) is 20.5 Å². The monoisotopic (exact) mass is 381 g/mol. The number of rotatable bonds is 4. The lowest BCUT2D eigenvalue weighted by Crippen LogP contribution is -2.47. The minimum absolute atomic E-state index is 0.695. The zero-order valence-corrected chi connectivity index (χ0v) is 16.4. The number of benzene rings is 1. The minimum Gasteiger partial charge on any atom is -0.338 e. The molecule has 7 nitrogen and oxygen atoms in total. The summed E-state index contributed by atoms with van der Waals surface area (Å²) in [5, 5.41) is 4.52. The fourth-order valence-electron chi connectivity index (χ4n) is 3.41. The van der Waals surface area contributed by atoms with Crippen molar-refractivity contribution in [3.05, 3.63) is 58.9 Å². The summed E-state index contributed by atoms with van der Waals surface area (Å²) in [5.74, 6) is 0.799. The quantitative estimate of drug-likeness (QED) is 0.648. The molecule has 0 unspecified atom stereocenters. The molecule has 1 aliphatic heterocycles. The molecular weight excluding hydrogens is 358 g/mol. The fraction of sp³-hybridized carbons (Fsp3) is 0.368. The SMILES string of the molecule is Cc1ccc(-n2cnn(CN3CCN(c4ncccn4)CC3)c2=S)c(C)c1. The standard InChI is InChI=1S/C19H23N7S/c1-15-4-5-17(16(2)12-15)25-13-22-26(19(25)27)14-23-8-10-24(11-9-23)18-20-6-3-7-21-18/h3-7,12-13H,8-11,14H2,1-2H3. The van der Waals surface area contributed by atoms with E-state index >= 15 is 0 Å². The van der Waals surface area contributed by atoms with Gasteiger partial charge in [-0.1, -0.05) is 17.7 Å². The average Bonchev–Trinajstić information content (AvgIpc) is 3.03. The first-order chi connectivity index (χ1) is 13.1. The summed E-state index contributed by atoms with van der Waals surface area (Å²) < 4.78 is 4.59. The van der Waals surface area contributed by atoms with Crippen molar-refractivity contribution in [1.29, 1.82) is 0 Å². The molecule has 27 heavy (non-hydrogen) atoms. The van der Waals surface area contributed by atoms with E-state index in [1.807, 2.05) is 21.6 Å². The van der Waals surface area contributed by atoms with E-state index in [0.29, 0.717) is 6.67 Å². The third-order valence-corrected chi connectivity index (χ3v) is 5.29. The first-order valence-corrected chi connectivity index (χ1v) is 9.49. The molecule has 0 aliphatic carbocycles. The van der Waals surface area contributed by atoms with Crippen molar-refractivity contribution in [3.8, 4) is 5.69 Å². The van der Waals surface area contributed by atoms with Crippen LogP contribution in [0.3, 0.4) is 0 Å². The number of anilines is 1. The molecule has 1 fully saturated rings. The van der Waals surface area contributed by atoms with Gasteiger partial charge in [0.15, 0.2) is 0 Å². The van der Waals surface area contributed by atoms with Crippen molar-refractivity contribution >= 4 is 18.2 Å². The molecule has 0 saturated carbocycles. The molecule has 1 aromatic carbocycles. The van der Waals surface area contributed by atoms with Gasteiger partial charge in [0.2, 0.25) is 10.7 Å². The van der Waals surface area contributed by atoms with Crippen molar-refractivity contribution < 1.29 is 0 Å². The zero-order chi connectivity index (χ0) is 18.8. The second kappa shape index (κ2) is 7.58. The Kier molecular flexibility index (Phi) is 5.00. The second-order valence-corrected chi connectivity index (χ2v) is 7.23. The summed E-state index contributed by atoms with van der Waals surface area (Å²) in [6.07, 6.45) is 5.38. The van der Waals surface area contributed by atoms with E-state index < -0.39 is 0 Å². The molecule has 0 spiro atoms.